The highest BCUT2D eigenvalue weighted by Gasteiger charge is 2.40. The minimum atomic E-state index is -0.342. The second-order valence-corrected chi connectivity index (χ2v) is 7.53. The summed E-state index contributed by atoms with van der Waals surface area (Å²) < 4.78 is 0. The number of nitrogens with one attached hydrogen (secondary N) is 1. The first-order valence-corrected chi connectivity index (χ1v) is 10.1. The van der Waals surface area contributed by atoms with Gasteiger partial charge in [0, 0.05) is 5.69 Å². The molecule has 0 unspecified atom stereocenters. The second kappa shape index (κ2) is 7.99. The molecule has 0 atom stereocenters. The van der Waals surface area contributed by atoms with Crippen LogP contribution in [0.2, 0.25) is 0 Å². The van der Waals surface area contributed by atoms with Crippen molar-refractivity contribution >= 4 is 28.8 Å². The number of aryl methyl sites for hydroxylation is 3. The van der Waals surface area contributed by atoms with Crippen molar-refractivity contribution in [3.8, 4) is 0 Å². The van der Waals surface area contributed by atoms with Crippen LogP contribution in [0.1, 0.15) is 29.2 Å². The Bertz CT molecular complexity index is 1150. The Kier molecular flexibility index (Phi) is 5.23. The van der Waals surface area contributed by atoms with Crippen LogP contribution in [0.25, 0.3) is 5.57 Å². The third kappa shape index (κ3) is 3.52. The summed E-state index contributed by atoms with van der Waals surface area (Å²) in [5.74, 6) is -0.656. The molecule has 30 heavy (non-hydrogen) atoms. The fourth-order valence-corrected chi connectivity index (χ4v) is 3.76. The Hall–Kier alpha value is -3.66. The van der Waals surface area contributed by atoms with Gasteiger partial charge in [-0.2, -0.15) is 0 Å². The van der Waals surface area contributed by atoms with Crippen LogP contribution in [0.4, 0.5) is 11.4 Å². The number of rotatable bonds is 5. The van der Waals surface area contributed by atoms with Crippen molar-refractivity contribution in [2.24, 2.45) is 0 Å². The number of anilines is 2. The van der Waals surface area contributed by atoms with Gasteiger partial charge in [-0.25, -0.2) is 4.90 Å². The molecule has 4 rings (SSSR count). The molecule has 0 saturated heterocycles. The SMILES string of the molecule is CCc1ccc(NC2=C(c3ccccc3)C(=O)N(c3ccc(C)cc3C)C2=O)cc1. The average molecular weight is 396 g/mol. The largest absolute Gasteiger partial charge is 0.350 e. The highest BCUT2D eigenvalue weighted by molar-refractivity contribution is 6.46. The molecule has 0 aromatic heterocycles. The highest BCUT2D eigenvalue weighted by Crippen LogP contribution is 2.35. The Morgan fingerprint density at radius 2 is 1.53 bits per heavy atom. The number of amides is 2. The van der Waals surface area contributed by atoms with E-state index in [2.05, 4.69) is 12.2 Å². The van der Waals surface area contributed by atoms with Crippen LogP contribution < -0.4 is 10.2 Å². The maximum Gasteiger partial charge on any atom is 0.282 e. The third-order valence-electron chi connectivity index (χ3n) is 5.37. The van der Waals surface area contributed by atoms with E-state index in [1.54, 1.807) is 0 Å². The van der Waals surface area contributed by atoms with Crippen molar-refractivity contribution < 1.29 is 9.59 Å². The van der Waals surface area contributed by atoms with Crippen molar-refractivity contribution in [1.29, 1.82) is 0 Å². The van der Waals surface area contributed by atoms with Crippen molar-refractivity contribution in [3.63, 3.8) is 0 Å². The molecule has 4 nitrogen and oxygen atoms in total. The van der Waals surface area contributed by atoms with E-state index in [9.17, 15) is 9.59 Å². The number of carbonyl (C=O) groups is 2. The lowest BCUT2D eigenvalue weighted by Crippen LogP contribution is -2.33. The van der Waals surface area contributed by atoms with E-state index < -0.39 is 0 Å². The molecule has 0 fully saturated rings. The van der Waals surface area contributed by atoms with E-state index in [4.69, 9.17) is 0 Å². The number of carbonyl (C=O) groups excluding carboxylic acids is 2. The Morgan fingerprint density at radius 3 is 2.17 bits per heavy atom. The van der Waals surface area contributed by atoms with Crippen LogP contribution in [0.15, 0.2) is 78.5 Å². The number of imide groups is 1. The van der Waals surface area contributed by atoms with Gasteiger partial charge in [0.2, 0.25) is 0 Å². The summed E-state index contributed by atoms with van der Waals surface area (Å²) in [7, 11) is 0. The van der Waals surface area contributed by atoms with E-state index in [0.717, 1.165) is 28.8 Å². The summed E-state index contributed by atoms with van der Waals surface area (Å²) in [6.07, 6.45) is 0.941. The lowest BCUT2D eigenvalue weighted by atomic mass is 10.0. The number of hydrogen-bond acceptors (Lipinski definition) is 3. The number of benzene rings is 3. The Balaban J connectivity index is 1.80. The van der Waals surface area contributed by atoms with Gasteiger partial charge >= 0.3 is 0 Å². The van der Waals surface area contributed by atoms with Crippen LogP contribution in [0, 0.1) is 13.8 Å². The summed E-state index contributed by atoms with van der Waals surface area (Å²) in [6.45, 7) is 6.00. The molecule has 1 aliphatic heterocycles. The molecular formula is C26H24N2O2. The molecule has 1 heterocycles. The molecular weight excluding hydrogens is 372 g/mol. The first-order valence-electron chi connectivity index (χ1n) is 10.1. The standard InChI is InChI=1S/C26H24N2O2/c1-4-19-11-13-21(14-12-19)27-24-23(20-8-6-5-7-9-20)25(29)28(26(24)30)22-15-10-17(2)16-18(22)3/h5-16,27H,4H2,1-3H3. The molecule has 3 aromatic carbocycles. The molecule has 0 radical (unpaired) electrons. The first-order chi connectivity index (χ1) is 14.5. The Morgan fingerprint density at radius 1 is 0.833 bits per heavy atom. The second-order valence-electron chi connectivity index (χ2n) is 7.53. The molecule has 3 aromatic rings. The molecule has 1 N–H and O–H groups in total. The monoisotopic (exact) mass is 396 g/mol. The smallest absolute Gasteiger partial charge is 0.282 e. The molecule has 0 aliphatic carbocycles. The number of nitrogens with zero attached hydrogens (tertiary/aromatic N) is 1. The van der Waals surface area contributed by atoms with Crippen molar-refractivity contribution in [1.82, 2.24) is 0 Å². The zero-order valence-corrected chi connectivity index (χ0v) is 17.4. The normalized spacial score (nSPS) is 13.9. The van der Waals surface area contributed by atoms with E-state index in [1.165, 1.54) is 10.5 Å². The Labute approximate surface area is 176 Å². The highest BCUT2D eigenvalue weighted by atomic mass is 16.2. The quantitative estimate of drug-likeness (QED) is 0.598. The van der Waals surface area contributed by atoms with Crippen LogP contribution in [0.5, 0.6) is 0 Å². The van der Waals surface area contributed by atoms with Gasteiger partial charge in [0.25, 0.3) is 11.8 Å². The molecule has 2 amide bonds. The maximum absolute atomic E-state index is 13.5. The van der Waals surface area contributed by atoms with Crippen LogP contribution in [0.3, 0.4) is 0 Å². The van der Waals surface area contributed by atoms with E-state index in [1.807, 2.05) is 86.6 Å². The molecule has 150 valence electrons. The van der Waals surface area contributed by atoms with Gasteiger partial charge in [-0.1, -0.05) is 67.1 Å². The van der Waals surface area contributed by atoms with Crippen molar-refractivity contribution in [2.45, 2.75) is 27.2 Å². The zero-order valence-electron chi connectivity index (χ0n) is 17.4. The summed E-state index contributed by atoms with van der Waals surface area (Å²) in [6, 6.07) is 23.0. The van der Waals surface area contributed by atoms with Gasteiger partial charge in [0.05, 0.1) is 11.3 Å². The maximum atomic E-state index is 13.5. The third-order valence-corrected chi connectivity index (χ3v) is 5.37. The minimum absolute atomic E-state index is 0.301. The average Bonchev–Trinajstić information content (AvgIpc) is 2.99. The lowest BCUT2D eigenvalue weighted by Gasteiger charge is -2.18. The van der Waals surface area contributed by atoms with E-state index in [0.29, 0.717) is 17.0 Å². The van der Waals surface area contributed by atoms with Gasteiger partial charge in [0.15, 0.2) is 0 Å². The number of hydrogen-bond donors (Lipinski definition) is 1. The fourth-order valence-electron chi connectivity index (χ4n) is 3.76. The predicted octanol–water partition coefficient (Wildman–Crippen LogP) is 5.26. The van der Waals surface area contributed by atoms with Gasteiger partial charge in [-0.15, -0.1) is 0 Å². The van der Waals surface area contributed by atoms with Gasteiger partial charge < -0.3 is 5.32 Å². The first kappa shape index (κ1) is 19.6. The van der Waals surface area contributed by atoms with E-state index in [-0.39, 0.29) is 11.8 Å². The zero-order chi connectivity index (χ0) is 21.3. The summed E-state index contributed by atoms with van der Waals surface area (Å²) >= 11 is 0. The molecule has 0 bridgehead atoms. The fraction of sp³-hybridized carbons (Fsp3) is 0.154. The lowest BCUT2D eigenvalue weighted by molar-refractivity contribution is -0.120. The molecule has 4 heteroatoms. The van der Waals surface area contributed by atoms with Gasteiger partial charge in [-0.3, -0.25) is 9.59 Å². The summed E-state index contributed by atoms with van der Waals surface area (Å²) in [5.41, 5.74) is 5.98. The van der Waals surface area contributed by atoms with Crippen molar-refractivity contribution in [2.75, 3.05) is 10.2 Å². The predicted molar refractivity (Wildman–Crippen MR) is 121 cm³/mol. The molecule has 0 saturated carbocycles. The minimum Gasteiger partial charge on any atom is -0.350 e. The van der Waals surface area contributed by atoms with E-state index >= 15 is 0 Å². The van der Waals surface area contributed by atoms with Crippen LogP contribution in [-0.2, 0) is 16.0 Å². The van der Waals surface area contributed by atoms with Crippen molar-refractivity contribution in [3.05, 3.63) is 101 Å². The van der Waals surface area contributed by atoms with Crippen LogP contribution in [-0.4, -0.2) is 11.8 Å². The summed E-state index contributed by atoms with van der Waals surface area (Å²) in [4.78, 5) is 28.2. The van der Waals surface area contributed by atoms with Gasteiger partial charge in [0.1, 0.15) is 5.70 Å². The molecule has 1 aliphatic rings. The van der Waals surface area contributed by atoms with Crippen LogP contribution >= 0.6 is 0 Å². The summed E-state index contributed by atoms with van der Waals surface area (Å²) in [5, 5.41) is 3.22. The topological polar surface area (TPSA) is 49.4 Å². The molecule has 0 spiro atoms. The van der Waals surface area contributed by atoms with Gasteiger partial charge in [-0.05, 0) is 55.2 Å².